The van der Waals surface area contributed by atoms with Crippen molar-refractivity contribution in [3.8, 4) is 0 Å². The summed E-state index contributed by atoms with van der Waals surface area (Å²) < 4.78 is 30.9. The standard InChI is InChI=1S/C13H17F2NO3/c1-10(16-9-13(14,15)12(17)18)7-19-8-11-5-3-2-4-6-11/h2-6,10,16H,7-9H2,1H3,(H,17,18). The third kappa shape index (κ3) is 5.76. The van der Waals surface area contributed by atoms with E-state index in [1.807, 2.05) is 30.3 Å². The van der Waals surface area contributed by atoms with Crippen LogP contribution in [0.5, 0.6) is 0 Å². The Balaban J connectivity index is 2.22. The highest BCUT2D eigenvalue weighted by Crippen LogP contribution is 2.11. The highest BCUT2D eigenvalue weighted by molar-refractivity contribution is 5.75. The summed E-state index contributed by atoms with van der Waals surface area (Å²) in [7, 11) is 0. The van der Waals surface area contributed by atoms with Gasteiger partial charge in [-0.1, -0.05) is 30.3 Å². The molecule has 0 heterocycles. The molecule has 0 aromatic heterocycles. The number of aliphatic carboxylic acids is 1. The summed E-state index contributed by atoms with van der Waals surface area (Å²) in [4.78, 5) is 10.2. The van der Waals surface area contributed by atoms with E-state index in [0.717, 1.165) is 5.56 Å². The molecule has 0 bridgehead atoms. The monoisotopic (exact) mass is 273 g/mol. The normalized spacial score (nSPS) is 13.2. The minimum absolute atomic E-state index is 0.227. The van der Waals surface area contributed by atoms with Crippen LogP contribution in [0.1, 0.15) is 12.5 Å². The van der Waals surface area contributed by atoms with E-state index in [1.165, 1.54) is 0 Å². The molecular formula is C13H17F2NO3. The molecule has 1 atom stereocenters. The Morgan fingerprint density at radius 3 is 2.63 bits per heavy atom. The van der Waals surface area contributed by atoms with Crippen LogP contribution in [0.25, 0.3) is 0 Å². The average molecular weight is 273 g/mol. The minimum atomic E-state index is -3.76. The van der Waals surface area contributed by atoms with Crippen molar-refractivity contribution in [3.63, 3.8) is 0 Å². The van der Waals surface area contributed by atoms with Crippen LogP contribution in [0.2, 0.25) is 0 Å². The van der Waals surface area contributed by atoms with Crippen LogP contribution in [-0.2, 0) is 16.1 Å². The summed E-state index contributed by atoms with van der Waals surface area (Å²) in [6.07, 6.45) is 0. The first-order chi connectivity index (χ1) is 8.92. The number of hydrogen-bond donors (Lipinski definition) is 2. The molecule has 6 heteroatoms. The van der Waals surface area contributed by atoms with Crippen molar-refractivity contribution in [3.05, 3.63) is 35.9 Å². The third-order valence-corrected chi connectivity index (χ3v) is 2.46. The summed E-state index contributed by atoms with van der Waals surface area (Å²) >= 11 is 0. The van der Waals surface area contributed by atoms with Gasteiger partial charge < -0.3 is 15.2 Å². The molecule has 0 aliphatic heterocycles. The quantitative estimate of drug-likeness (QED) is 0.759. The Bertz CT molecular complexity index is 398. The second-order valence-corrected chi connectivity index (χ2v) is 4.29. The van der Waals surface area contributed by atoms with E-state index < -0.39 is 18.4 Å². The zero-order valence-corrected chi connectivity index (χ0v) is 10.6. The molecule has 0 spiro atoms. The van der Waals surface area contributed by atoms with E-state index in [4.69, 9.17) is 9.84 Å². The van der Waals surface area contributed by atoms with Gasteiger partial charge in [0.05, 0.1) is 19.8 Å². The highest BCUT2D eigenvalue weighted by atomic mass is 19.3. The van der Waals surface area contributed by atoms with Gasteiger partial charge in [0.15, 0.2) is 0 Å². The lowest BCUT2D eigenvalue weighted by atomic mass is 10.2. The first-order valence-electron chi connectivity index (χ1n) is 5.88. The maximum Gasteiger partial charge on any atom is 0.375 e. The fraction of sp³-hybridized carbons (Fsp3) is 0.462. The van der Waals surface area contributed by atoms with Gasteiger partial charge >= 0.3 is 11.9 Å². The molecule has 0 saturated heterocycles. The summed E-state index contributed by atoms with van der Waals surface area (Å²) in [5.41, 5.74) is 0.991. The van der Waals surface area contributed by atoms with Crippen LogP contribution in [0.3, 0.4) is 0 Å². The van der Waals surface area contributed by atoms with E-state index in [-0.39, 0.29) is 12.6 Å². The van der Waals surface area contributed by atoms with Gasteiger partial charge in [0.2, 0.25) is 0 Å². The average Bonchev–Trinajstić information content (AvgIpc) is 2.37. The number of ether oxygens (including phenoxy) is 1. The Kier molecular flexibility index (Phi) is 5.85. The molecular weight excluding hydrogens is 256 g/mol. The molecule has 0 radical (unpaired) electrons. The van der Waals surface area contributed by atoms with Crippen LogP contribution in [0.15, 0.2) is 30.3 Å². The lowest BCUT2D eigenvalue weighted by Crippen LogP contribution is -2.44. The van der Waals surface area contributed by atoms with Gasteiger partial charge in [-0.15, -0.1) is 0 Å². The van der Waals surface area contributed by atoms with Gasteiger partial charge in [-0.05, 0) is 12.5 Å². The number of hydrogen-bond acceptors (Lipinski definition) is 3. The topological polar surface area (TPSA) is 58.6 Å². The lowest BCUT2D eigenvalue weighted by Gasteiger charge is -2.17. The molecule has 0 fully saturated rings. The largest absolute Gasteiger partial charge is 0.477 e. The molecule has 0 amide bonds. The molecule has 1 rings (SSSR count). The van der Waals surface area contributed by atoms with Gasteiger partial charge in [-0.3, -0.25) is 0 Å². The summed E-state index contributed by atoms with van der Waals surface area (Å²) in [6, 6.07) is 9.10. The van der Waals surface area contributed by atoms with Crippen molar-refractivity contribution in [2.75, 3.05) is 13.2 Å². The predicted molar refractivity (Wildman–Crippen MR) is 66.1 cm³/mol. The molecule has 1 aromatic rings. The van der Waals surface area contributed by atoms with Crippen molar-refractivity contribution in [2.24, 2.45) is 0 Å². The number of carboxylic acid groups (broad SMARTS) is 1. The van der Waals surface area contributed by atoms with Crippen molar-refractivity contribution >= 4 is 5.97 Å². The van der Waals surface area contributed by atoms with Crippen LogP contribution >= 0.6 is 0 Å². The van der Waals surface area contributed by atoms with Crippen LogP contribution < -0.4 is 5.32 Å². The Hall–Kier alpha value is -1.53. The molecule has 0 saturated carbocycles. The molecule has 0 aliphatic carbocycles. The maximum absolute atomic E-state index is 12.8. The summed E-state index contributed by atoms with van der Waals surface area (Å²) in [5.74, 6) is -5.88. The maximum atomic E-state index is 12.8. The van der Waals surface area contributed by atoms with E-state index in [0.29, 0.717) is 6.61 Å². The van der Waals surface area contributed by atoms with Gasteiger partial charge in [0.25, 0.3) is 0 Å². The van der Waals surface area contributed by atoms with Crippen LogP contribution in [0, 0.1) is 0 Å². The van der Waals surface area contributed by atoms with Gasteiger partial charge in [-0.2, -0.15) is 8.78 Å². The Morgan fingerprint density at radius 2 is 2.05 bits per heavy atom. The smallest absolute Gasteiger partial charge is 0.375 e. The number of rotatable bonds is 8. The molecule has 2 N–H and O–H groups in total. The second-order valence-electron chi connectivity index (χ2n) is 4.29. The fourth-order valence-electron chi connectivity index (χ4n) is 1.36. The number of halogens is 2. The number of alkyl halides is 2. The first kappa shape index (κ1) is 15.5. The van der Waals surface area contributed by atoms with E-state index in [2.05, 4.69) is 5.32 Å². The lowest BCUT2D eigenvalue weighted by molar-refractivity contribution is -0.164. The van der Waals surface area contributed by atoms with Crippen molar-refractivity contribution < 1.29 is 23.4 Å². The molecule has 0 aliphatic rings. The number of carbonyl (C=O) groups is 1. The minimum Gasteiger partial charge on any atom is -0.477 e. The fourth-order valence-corrected chi connectivity index (χ4v) is 1.36. The molecule has 1 unspecified atom stereocenters. The van der Waals surface area contributed by atoms with E-state index in [9.17, 15) is 13.6 Å². The van der Waals surface area contributed by atoms with Gasteiger partial charge in [0, 0.05) is 6.04 Å². The Labute approximate surface area is 110 Å². The molecule has 4 nitrogen and oxygen atoms in total. The van der Waals surface area contributed by atoms with Crippen LogP contribution in [0.4, 0.5) is 8.78 Å². The zero-order valence-electron chi connectivity index (χ0n) is 10.6. The second kappa shape index (κ2) is 7.16. The van der Waals surface area contributed by atoms with Gasteiger partial charge in [-0.25, -0.2) is 4.79 Å². The zero-order chi connectivity index (χ0) is 14.3. The SMILES string of the molecule is CC(COCc1ccccc1)NCC(F)(F)C(=O)O. The van der Waals surface area contributed by atoms with E-state index >= 15 is 0 Å². The number of carboxylic acids is 1. The van der Waals surface area contributed by atoms with Crippen molar-refractivity contribution in [2.45, 2.75) is 25.5 Å². The van der Waals surface area contributed by atoms with Gasteiger partial charge in [0.1, 0.15) is 0 Å². The highest BCUT2D eigenvalue weighted by Gasteiger charge is 2.38. The van der Waals surface area contributed by atoms with Crippen molar-refractivity contribution in [1.82, 2.24) is 5.32 Å². The summed E-state index contributed by atoms with van der Waals surface area (Å²) in [5, 5.41) is 10.7. The van der Waals surface area contributed by atoms with Crippen LogP contribution in [-0.4, -0.2) is 36.2 Å². The van der Waals surface area contributed by atoms with Crippen molar-refractivity contribution in [1.29, 1.82) is 0 Å². The molecule has 106 valence electrons. The number of benzene rings is 1. The number of nitrogens with one attached hydrogen (secondary N) is 1. The summed E-state index contributed by atoms with van der Waals surface area (Å²) in [6.45, 7) is 1.37. The first-order valence-corrected chi connectivity index (χ1v) is 5.88. The van der Waals surface area contributed by atoms with E-state index in [1.54, 1.807) is 6.92 Å². The molecule has 1 aromatic carbocycles. The molecule has 19 heavy (non-hydrogen) atoms. The Morgan fingerprint density at radius 1 is 1.42 bits per heavy atom. The predicted octanol–water partition coefficient (Wildman–Crippen LogP) is 1.90. The third-order valence-electron chi connectivity index (χ3n) is 2.46.